The molecular formula is C15H28N4O. The zero-order valence-corrected chi connectivity index (χ0v) is 12.8. The lowest BCUT2D eigenvalue weighted by Crippen LogP contribution is -2.47. The highest BCUT2D eigenvalue weighted by Crippen LogP contribution is 2.11. The van der Waals surface area contributed by atoms with Crippen molar-refractivity contribution >= 4 is 0 Å². The van der Waals surface area contributed by atoms with Gasteiger partial charge in [-0.3, -0.25) is 0 Å². The van der Waals surface area contributed by atoms with Crippen LogP contribution in [0.25, 0.3) is 0 Å². The number of nitrogens with one attached hydrogen (secondary N) is 1. The first-order valence-electron chi connectivity index (χ1n) is 7.82. The summed E-state index contributed by atoms with van der Waals surface area (Å²) in [4.78, 5) is 6.71. The lowest BCUT2D eigenvalue weighted by molar-refractivity contribution is 0.152. The van der Waals surface area contributed by atoms with Gasteiger partial charge in [-0.2, -0.15) is 0 Å². The van der Waals surface area contributed by atoms with Crippen LogP contribution in [0.1, 0.15) is 32.5 Å². The van der Waals surface area contributed by atoms with Gasteiger partial charge in [0.2, 0.25) is 0 Å². The summed E-state index contributed by atoms with van der Waals surface area (Å²) < 4.78 is 2.25. The summed E-state index contributed by atoms with van der Waals surface area (Å²) in [6.45, 7) is 8.66. The highest BCUT2D eigenvalue weighted by atomic mass is 16.3. The summed E-state index contributed by atoms with van der Waals surface area (Å²) in [6, 6.07) is 1.07. The molecule has 1 saturated heterocycles. The van der Waals surface area contributed by atoms with Crippen molar-refractivity contribution in [3.8, 4) is 0 Å². The average Bonchev–Trinajstić information content (AvgIpc) is 2.88. The van der Waals surface area contributed by atoms with Gasteiger partial charge in [-0.1, -0.05) is 6.92 Å². The van der Waals surface area contributed by atoms with E-state index >= 15 is 0 Å². The van der Waals surface area contributed by atoms with Crippen LogP contribution in [0.4, 0.5) is 0 Å². The van der Waals surface area contributed by atoms with E-state index < -0.39 is 0 Å². The molecule has 1 unspecified atom stereocenters. The monoisotopic (exact) mass is 280 g/mol. The van der Waals surface area contributed by atoms with Crippen LogP contribution in [0, 0.1) is 0 Å². The molecule has 114 valence electrons. The molecule has 0 spiro atoms. The Balaban J connectivity index is 1.74. The van der Waals surface area contributed by atoms with Crippen molar-refractivity contribution in [2.45, 2.75) is 51.7 Å². The van der Waals surface area contributed by atoms with Crippen molar-refractivity contribution in [1.29, 1.82) is 0 Å². The van der Waals surface area contributed by atoms with E-state index in [1.807, 2.05) is 6.20 Å². The molecule has 1 aromatic rings. The molecular weight excluding hydrogens is 252 g/mol. The number of aryl methyl sites for hydroxylation is 1. The van der Waals surface area contributed by atoms with Gasteiger partial charge in [0.05, 0.1) is 6.61 Å². The van der Waals surface area contributed by atoms with E-state index in [1.165, 1.54) is 12.8 Å². The predicted octanol–water partition coefficient (Wildman–Crippen LogP) is 0.880. The summed E-state index contributed by atoms with van der Waals surface area (Å²) in [6.07, 6.45) is 7.29. The van der Waals surface area contributed by atoms with Crippen molar-refractivity contribution in [2.24, 2.45) is 0 Å². The first kappa shape index (κ1) is 15.5. The van der Waals surface area contributed by atoms with Gasteiger partial charge in [-0.05, 0) is 32.9 Å². The fourth-order valence-corrected chi connectivity index (χ4v) is 3.04. The second-order valence-corrected chi connectivity index (χ2v) is 5.76. The number of likely N-dealkylation sites (tertiary alicyclic amines) is 1. The maximum atomic E-state index is 8.96. The zero-order chi connectivity index (χ0) is 14.4. The Morgan fingerprint density at radius 1 is 1.45 bits per heavy atom. The molecule has 0 amide bonds. The summed E-state index contributed by atoms with van der Waals surface area (Å²) in [5, 5.41) is 12.7. The van der Waals surface area contributed by atoms with Gasteiger partial charge in [0.1, 0.15) is 5.82 Å². The van der Waals surface area contributed by atoms with E-state index in [2.05, 4.69) is 39.8 Å². The Labute approximate surface area is 122 Å². The van der Waals surface area contributed by atoms with Gasteiger partial charge in [-0.25, -0.2) is 4.98 Å². The van der Waals surface area contributed by atoms with Crippen LogP contribution in [-0.4, -0.2) is 57.9 Å². The summed E-state index contributed by atoms with van der Waals surface area (Å²) in [5.74, 6) is 1.16. The maximum Gasteiger partial charge on any atom is 0.108 e. The van der Waals surface area contributed by atoms with Crippen molar-refractivity contribution in [3.05, 3.63) is 18.2 Å². The van der Waals surface area contributed by atoms with Crippen LogP contribution in [-0.2, 0) is 13.0 Å². The van der Waals surface area contributed by atoms with E-state index in [1.54, 1.807) is 0 Å². The van der Waals surface area contributed by atoms with E-state index in [0.29, 0.717) is 12.1 Å². The molecule has 2 rings (SSSR count). The molecule has 2 heterocycles. The van der Waals surface area contributed by atoms with Crippen molar-refractivity contribution in [1.82, 2.24) is 19.8 Å². The first-order valence-corrected chi connectivity index (χ1v) is 7.82. The minimum Gasteiger partial charge on any atom is -0.395 e. The second-order valence-electron chi connectivity index (χ2n) is 5.76. The smallest absolute Gasteiger partial charge is 0.108 e. The fraction of sp³-hybridized carbons (Fsp3) is 0.800. The second kappa shape index (κ2) is 7.76. The van der Waals surface area contributed by atoms with Gasteiger partial charge in [0.15, 0.2) is 0 Å². The lowest BCUT2D eigenvalue weighted by Gasteiger charge is -2.33. The number of nitrogens with zero attached hydrogens (tertiary/aromatic N) is 3. The van der Waals surface area contributed by atoms with Crippen LogP contribution in [0.5, 0.6) is 0 Å². The minimum absolute atomic E-state index is 0.273. The molecule has 0 saturated carbocycles. The van der Waals surface area contributed by atoms with Crippen LogP contribution >= 0.6 is 0 Å². The lowest BCUT2D eigenvalue weighted by atomic mass is 10.0. The van der Waals surface area contributed by atoms with E-state index in [4.69, 9.17) is 5.11 Å². The van der Waals surface area contributed by atoms with E-state index in [0.717, 1.165) is 38.4 Å². The molecule has 0 bridgehead atoms. The summed E-state index contributed by atoms with van der Waals surface area (Å²) in [5.41, 5.74) is 0. The SMILES string of the molecule is CCc1nccn1CC(C)NC1CCN(CCO)CC1. The highest BCUT2D eigenvalue weighted by molar-refractivity contribution is 4.92. The van der Waals surface area contributed by atoms with E-state index in [9.17, 15) is 0 Å². The molecule has 0 aliphatic carbocycles. The third-order valence-corrected chi connectivity index (χ3v) is 4.11. The maximum absolute atomic E-state index is 8.96. The molecule has 1 aliphatic rings. The molecule has 1 atom stereocenters. The number of aromatic nitrogens is 2. The van der Waals surface area contributed by atoms with Gasteiger partial charge in [0, 0.05) is 44.0 Å². The van der Waals surface area contributed by atoms with E-state index in [-0.39, 0.29) is 6.61 Å². The number of hydrogen-bond acceptors (Lipinski definition) is 4. The van der Waals surface area contributed by atoms with Gasteiger partial charge >= 0.3 is 0 Å². The highest BCUT2D eigenvalue weighted by Gasteiger charge is 2.20. The van der Waals surface area contributed by atoms with Gasteiger partial charge in [-0.15, -0.1) is 0 Å². The van der Waals surface area contributed by atoms with Crippen LogP contribution < -0.4 is 5.32 Å². The fourth-order valence-electron chi connectivity index (χ4n) is 3.04. The third-order valence-electron chi connectivity index (χ3n) is 4.11. The predicted molar refractivity (Wildman–Crippen MR) is 80.8 cm³/mol. The topological polar surface area (TPSA) is 53.3 Å². The van der Waals surface area contributed by atoms with Crippen molar-refractivity contribution in [2.75, 3.05) is 26.2 Å². The number of imidazole rings is 1. The van der Waals surface area contributed by atoms with Crippen molar-refractivity contribution < 1.29 is 5.11 Å². The molecule has 0 radical (unpaired) electrons. The van der Waals surface area contributed by atoms with Crippen LogP contribution in [0.2, 0.25) is 0 Å². The Morgan fingerprint density at radius 3 is 2.85 bits per heavy atom. The Morgan fingerprint density at radius 2 is 2.20 bits per heavy atom. The number of rotatable bonds is 7. The number of aliphatic hydroxyl groups excluding tert-OH is 1. The zero-order valence-electron chi connectivity index (χ0n) is 12.8. The van der Waals surface area contributed by atoms with Crippen LogP contribution in [0.3, 0.4) is 0 Å². The Bertz CT molecular complexity index is 385. The first-order chi connectivity index (χ1) is 9.72. The molecule has 2 N–H and O–H groups in total. The van der Waals surface area contributed by atoms with Crippen molar-refractivity contribution in [3.63, 3.8) is 0 Å². The molecule has 5 nitrogen and oxygen atoms in total. The number of piperidine rings is 1. The number of hydrogen-bond donors (Lipinski definition) is 2. The third kappa shape index (κ3) is 4.30. The molecule has 5 heteroatoms. The quantitative estimate of drug-likeness (QED) is 0.778. The standard InChI is InChI=1S/C15H28N4O/c1-3-15-16-6-9-19(15)12-13(2)17-14-4-7-18(8-5-14)10-11-20/h6,9,13-14,17,20H,3-5,7-8,10-12H2,1-2H3. The van der Waals surface area contributed by atoms with Gasteiger partial charge in [0.25, 0.3) is 0 Å². The largest absolute Gasteiger partial charge is 0.395 e. The summed E-state index contributed by atoms with van der Waals surface area (Å²) >= 11 is 0. The number of β-amino-alcohol motifs (C(OH)–C–C–N with tert-alkyl or cyclic N) is 1. The minimum atomic E-state index is 0.273. The molecule has 0 aromatic carbocycles. The Kier molecular flexibility index (Phi) is 6.01. The normalized spacial score (nSPS) is 19.4. The van der Waals surface area contributed by atoms with Gasteiger partial charge < -0.3 is 19.9 Å². The molecule has 1 aromatic heterocycles. The molecule has 1 aliphatic heterocycles. The molecule has 1 fully saturated rings. The average molecular weight is 280 g/mol. The molecule has 20 heavy (non-hydrogen) atoms. The Hall–Kier alpha value is -0.910. The summed E-state index contributed by atoms with van der Waals surface area (Å²) in [7, 11) is 0. The van der Waals surface area contributed by atoms with Crippen LogP contribution in [0.15, 0.2) is 12.4 Å². The number of aliphatic hydroxyl groups is 1.